The molecule has 2 nitrogen and oxygen atoms in total. The number of amides is 1. The van der Waals surface area contributed by atoms with Gasteiger partial charge in [0.15, 0.2) is 0 Å². The minimum absolute atomic E-state index is 0.00606. The summed E-state index contributed by atoms with van der Waals surface area (Å²) >= 11 is 7.39. The molecule has 1 atom stereocenters. The number of rotatable bonds is 4. The highest BCUT2D eigenvalue weighted by Gasteiger charge is 2.16. The van der Waals surface area contributed by atoms with Crippen molar-refractivity contribution in [1.29, 1.82) is 0 Å². The van der Waals surface area contributed by atoms with Crippen LogP contribution >= 0.6 is 23.4 Å². The second-order valence-electron chi connectivity index (χ2n) is 6.53. The van der Waals surface area contributed by atoms with Crippen LogP contribution < -0.4 is 5.32 Å². The van der Waals surface area contributed by atoms with E-state index in [0.717, 1.165) is 10.6 Å². The molecule has 1 N–H and O–H groups in total. The Morgan fingerprint density at radius 2 is 1.61 bits per heavy atom. The van der Waals surface area contributed by atoms with Crippen molar-refractivity contribution in [3.05, 3.63) is 59.1 Å². The third-order valence-electron chi connectivity index (χ3n) is 3.51. The molecule has 0 heterocycles. The Hall–Kier alpha value is -1.45. The van der Waals surface area contributed by atoms with Crippen LogP contribution in [0.3, 0.4) is 0 Å². The topological polar surface area (TPSA) is 29.1 Å². The Kier molecular flexibility index (Phi) is 5.77. The van der Waals surface area contributed by atoms with Crippen LogP contribution in [0.25, 0.3) is 0 Å². The minimum Gasteiger partial charge on any atom is -0.325 e. The summed E-state index contributed by atoms with van der Waals surface area (Å²) in [5.74, 6) is -0.00606. The minimum atomic E-state index is -0.182. The van der Waals surface area contributed by atoms with E-state index in [9.17, 15) is 4.79 Å². The molecule has 0 unspecified atom stereocenters. The van der Waals surface area contributed by atoms with E-state index in [1.807, 2.05) is 43.3 Å². The van der Waals surface area contributed by atoms with Crippen LogP contribution in [-0.4, -0.2) is 11.2 Å². The number of hydrogen-bond acceptors (Lipinski definition) is 2. The van der Waals surface area contributed by atoms with E-state index in [4.69, 9.17) is 11.6 Å². The van der Waals surface area contributed by atoms with E-state index in [2.05, 4.69) is 38.2 Å². The monoisotopic (exact) mass is 347 g/mol. The molecule has 0 saturated carbocycles. The summed E-state index contributed by atoms with van der Waals surface area (Å²) in [6, 6.07) is 15.6. The zero-order chi connectivity index (χ0) is 17.0. The number of benzene rings is 2. The van der Waals surface area contributed by atoms with Gasteiger partial charge in [-0.05, 0) is 54.3 Å². The fourth-order valence-electron chi connectivity index (χ4n) is 2.07. The zero-order valence-corrected chi connectivity index (χ0v) is 15.5. The molecular formula is C19H22ClNOS. The third kappa shape index (κ3) is 5.29. The normalized spacial score (nSPS) is 12.7. The smallest absolute Gasteiger partial charge is 0.237 e. The molecule has 0 bridgehead atoms. The summed E-state index contributed by atoms with van der Waals surface area (Å²) in [6.45, 7) is 8.42. The highest BCUT2D eigenvalue weighted by Crippen LogP contribution is 2.26. The second kappa shape index (κ2) is 7.41. The molecule has 2 rings (SSSR count). The highest BCUT2D eigenvalue weighted by molar-refractivity contribution is 8.00. The first-order chi connectivity index (χ1) is 10.8. The SMILES string of the molecule is C[C@@H](Sc1ccc(Cl)cc1)C(=O)Nc1ccc(C(C)(C)C)cc1. The van der Waals surface area contributed by atoms with Gasteiger partial charge in [-0.15, -0.1) is 11.8 Å². The van der Waals surface area contributed by atoms with Gasteiger partial charge in [0, 0.05) is 15.6 Å². The van der Waals surface area contributed by atoms with Crippen molar-refractivity contribution >= 4 is 35.0 Å². The van der Waals surface area contributed by atoms with E-state index in [-0.39, 0.29) is 16.6 Å². The number of nitrogens with one attached hydrogen (secondary N) is 1. The number of hydrogen-bond donors (Lipinski definition) is 1. The Morgan fingerprint density at radius 1 is 1.04 bits per heavy atom. The predicted octanol–water partition coefficient (Wildman–Crippen LogP) is 5.76. The van der Waals surface area contributed by atoms with Crippen molar-refractivity contribution in [2.75, 3.05) is 5.32 Å². The van der Waals surface area contributed by atoms with Crippen molar-refractivity contribution in [1.82, 2.24) is 0 Å². The number of halogens is 1. The molecule has 0 aliphatic rings. The summed E-state index contributed by atoms with van der Waals surface area (Å²) in [7, 11) is 0. The van der Waals surface area contributed by atoms with Gasteiger partial charge in [0.1, 0.15) is 0 Å². The van der Waals surface area contributed by atoms with Gasteiger partial charge in [0.25, 0.3) is 0 Å². The van der Waals surface area contributed by atoms with Crippen molar-refractivity contribution in [2.24, 2.45) is 0 Å². The zero-order valence-electron chi connectivity index (χ0n) is 13.9. The van der Waals surface area contributed by atoms with Crippen LogP contribution in [0.5, 0.6) is 0 Å². The summed E-state index contributed by atoms with van der Waals surface area (Å²) in [6.07, 6.45) is 0. The molecule has 0 aliphatic heterocycles. The lowest BCUT2D eigenvalue weighted by Crippen LogP contribution is -2.22. The van der Waals surface area contributed by atoms with Gasteiger partial charge in [-0.1, -0.05) is 44.5 Å². The van der Waals surface area contributed by atoms with E-state index >= 15 is 0 Å². The second-order valence-corrected chi connectivity index (χ2v) is 8.38. The molecule has 2 aromatic carbocycles. The summed E-state index contributed by atoms with van der Waals surface area (Å²) in [5, 5.41) is 3.48. The molecule has 0 radical (unpaired) electrons. The van der Waals surface area contributed by atoms with Crippen molar-refractivity contribution in [3.63, 3.8) is 0 Å². The molecule has 23 heavy (non-hydrogen) atoms. The molecule has 0 saturated heterocycles. The van der Waals surface area contributed by atoms with Gasteiger partial charge in [-0.3, -0.25) is 4.79 Å². The third-order valence-corrected chi connectivity index (χ3v) is 4.88. The van der Waals surface area contributed by atoms with Crippen LogP contribution in [0.1, 0.15) is 33.3 Å². The molecule has 0 aliphatic carbocycles. The van der Waals surface area contributed by atoms with E-state index < -0.39 is 0 Å². The van der Waals surface area contributed by atoms with Gasteiger partial charge in [0.2, 0.25) is 5.91 Å². The van der Waals surface area contributed by atoms with Crippen LogP contribution in [0.15, 0.2) is 53.4 Å². The van der Waals surface area contributed by atoms with Gasteiger partial charge >= 0.3 is 0 Å². The average molecular weight is 348 g/mol. The number of anilines is 1. The van der Waals surface area contributed by atoms with E-state index in [0.29, 0.717) is 5.02 Å². The molecular weight excluding hydrogens is 326 g/mol. The van der Waals surface area contributed by atoms with Gasteiger partial charge < -0.3 is 5.32 Å². The maximum Gasteiger partial charge on any atom is 0.237 e. The summed E-state index contributed by atoms with van der Waals surface area (Å²) in [4.78, 5) is 13.3. The maximum atomic E-state index is 12.3. The van der Waals surface area contributed by atoms with Gasteiger partial charge in [-0.2, -0.15) is 0 Å². The number of thioether (sulfide) groups is 1. The Labute approximate surface area is 147 Å². The largest absolute Gasteiger partial charge is 0.325 e. The van der Waals surface area contributed by atoms with Crippen LogP contribution in [0, 0.1) is 0 Å². The highest BCUT2D eigenvalue weighted by atomic mass is 35.5. The van der Waals surface area contributed by atoms with Crippen LogP contribution in [0.2, 0.25) is 5.02 Å². The molecule has 122 valence electrons. The molecule has 1 amide bonds. The Bertz CT molecular complexity index is 659. The lowest BCUT2D eigenvalue weighted by molar-refractivity contribution is -0.115. The predicted molar refractivity (Wildman–Crippen MR) is 101 cm³/mol. The Morgan fingerprint density at radius 3 is 2.13 bits per heavy atom. The van der Waals surface area contributed by atoms with Crippen LogP contribution in [-0.2, 0) is 10.2 Å². The lowest BCUT2D eigenvalue weighted by atomic mass is 9.87. The lowest BCUT2D eigenvalue weighted by Gasteiger charge is -2.19. The summed E-state index contributed by atoms with van der Waals surface area (Å²) < 4.78 is 0. The fraction of sp³-hybridized carbons (Fsp3) is 0.316. The fourth-order valence-corrected chi connectivity index (χ4v) is 3.06. The van der Waals surface area contributed by atoms with E-state index in [1.165, 1.54) is 17.3 Å². The Balaban J connectivity index is 1.96. The van der Waals surface area contributed by atoms with Crippen molar-refractivity contribution < 1.29 is 4.79 Å². The van der Waals surface area contributed by atoms with Crippen molar-refractivity contribution in [2.45, 2.75) is 43.3 Å². The standard InChI is InChI=1S/C19H22ClNOS/c1-13(23-17-11-7-15(20)8-12-17)18(22)21-16-9-5-14(6-10-16)19(2,3)4/h5-13H,1-4H3,(H,21,22)/t13-/m1/s1. The number of carbonyl (C=O) groups is 1. The maximum absolute atomic E-state index is 12.3. The average Bonchev–Trinajstić information content (AvgIpc) is 2.49. The van der Waals surface area contributed by atoms with Gasteiger partial charge in [-0.25, -0.2) is 0 Å². The molecule has 0 fully saturated rings. The molecule has 4 heteroatoms. The first-order valence-corrected chi connectivity index (χ1v) is 8.85. The quantitative estimate of drug-likeness (QED) is 0.712. The molecule has 2 aromatic rings. The molecule has 0 aromatic heterocycles. The number of carbonyl (C=O) groups excluding carboxylic acids is 1. The first kappa shape index (κ1) is 17.9. The van der Waals surface area contributed by atoms with Crippen LogP contribution in [0.4, 0.5) is 5.69 Å². The van der Waals surface area contributed by atoms with Crippen molar-refractivity contribution in [3.8, 4) is 0 Å². The first-order valence-electron chi connectivity index (χ1n) is 7.59. The van der Waals surface area contributed by atoms with E-state index in [1.54, 1.807) is 0 Å². The van der Waals surface area contributed by atoms with Gasteiger partial charge in [0.05, 0.1) is 5.25 Å². The molecule has 0 spiro atoms. The summed E-state index contributed by atoms with van der Waals surface area (Å²) in [5.41, 5.74) is 2.19.